The molecule has 122 valence electrons. The van der Waals surface area contributed by atoms with Crippen molar-refractivity contribution in [2.24, 2.45) is 5.92 Å². The second-order valence-electron chi connectivity index (χ2n) is 5.29. The van der Waals surface area contributed by atoms with Gasteiger partial charge in [0.05, 0.1) is 13.5 Å². The van der Waals surface area contributed by atoms with Crippen LogP contribution in [0.4, 0.5) is 15.1 Å². The van der Waals surface area contributed by atoms with Crippen molar-refractivity contribution >= 4 is 33.6 Å². The van der Waals surface area contributed by atoms with E-state index in [4.69, 9.17) is 0 Å². The highest BCUT2D eigenvalue weighted by Gasteiger charge is 2.20. The van der Waals surface area contributed by atoms with Crippen LogP contribution in [0.25, 0.3) is 0 Å². The van der Waals surface area contributed by atoms with Crippen LogP contribution < -0.4 is 15.5 Å². The maximum Gasteiger partial charge on any atom is 0.321 e. The molecular formula is C13H21N5O3S. The smallest absolute Gasteiger partial charge is 0.321 e. The Hall–Kier alpha value is -1.90. The van der Waals surface area contributed by atoms with Crippen molar-refractivity contribution in [3.63, 3.8) is 0 Å². The lowest BCUT2D eigenvalue weighted by Crippen LogP contribution is -2.34. The first-order valence-electron chi connectivity index (χ1n) is 7.28. The summed E-state index contributed by atoms with van der Waals surface area (Å²) in [4.78, 5) is 24.8. The fraction of sp³-hybridized carbons (Fsp3) is 0.692. The Morgan fingerprint density at radius 3 is 3.00 bits per heavy atom. The number of nitrogens with zero attached hydrogens (tertiary/aromatic N) is 3. The lowest BCUT2D eigenvalue weighted by atomic mass is 10.0. The van der Waals surface area contributed by atoms with Gasteiger partial charge in [0.2, 0.25) is 10.3 Å². The summed E-state index contributed by atoms with van der Waals surface area (Å²) in [5.74, 6) is 0.286. The summed E-state index contributed by atoms with van der Waals surface area (Å²) < 4.78 is 4.49. The van der Waals surface area contributed by atoms with Crippen molar-refractivity contribution < 1.29 is 14.3 Å². The molecule has 1 aromatic rings. The van der Waals surface area contributed by atoms with E-state index >= 15 is 0 Å². The minimum atomic E-state index is -0.404. The van der Waals surface area contributed by atoms with Gasteiger partial charge in [-0.2, -0.15) is 0 Å². The van der Waals surface area contributed by atoms with Crippen LogP contribution in [0.3, 0.4) is 0 Å². The van der Waals surface area contributed by atoms with Crippen molar-refractivity contribution in [2.45, 2.75) is 26.2 Å². The lowest BCUT2D eigenvalue weighted by Gasteiger charge is -2.29. The van der Waals surface area contributed by atoms with E-state index in [9.17, 15) is 9.59 Å². The quantitative estimate of drug-likeness (QED) is 0.795. The Morgan fingerprint density at radius 2 is 2.27 bits per heavy atom. The van der Waals surface area contributed by atoms with Gasteiger partial charge in [0.1, 0.15) is 0 Å². The summed E-state index contributed by atoms with van der Waals surface area (Å²) in [6, 6.07) is -0.404. The van der Waals surface area contributed by atoms with Gasteiger partial charge < -0.3 is 15.0 Å². The highest BCUT2D eigenvalue weighted by atomic mass is 32.1. The van der Waals surface area contributed by atoms with E-state index in [-0.39, 0.29) is 18.9 Å². The molecule has 9 heteroatoms. The molecule has 0 aromatic carbocycles. The van der Waals surface area contributed by atoms with Gasteiger partial charge in [-0.1, -0.05) is 18.3 Å². The maximum atomic E-state index is 11.7. The van der Waals surface area contributed by atoms with Crippen molar-refractivity contribution in [2.75, 3.05) is 37.0 Å². The zero-order chi connectivity index (χ0) is 15.9. The number of urea groups is 1. The fourth-order valence-electron chi connectivity index (χ4n) is 2.28. The van der Waals surface area contributed by atoms with Crippen LogP contribution >= 0.6 is 11.3 Å². The molecule has 2 rings (SSSR count). The summed E-state index contributed by atoms with van der Waals surface area (Å²) in [5, 5.41) is 14.6. The van der Waals surface area contributed by atoms with Crippen LogP contribution in [0.15, 0.2) is 0 Å². The van der Waals surface area contributed by atoms with E-state index in [2.05, 4.69) is 37.4 Å². The highest BCUT2D eigenvalue weighted by Crippen LogP contribution is 2.28. The number of ether oxygens (including phenoxy) is 1. The number of carbonyl (C=O) groups excluding carboxylic acids is 2. The van der Waals surface area contributed by atoms with E-state index in [1.807, 2.05) is 0 Å². The third-order valence-electron chi connectivity index (χ3n) is 3.40. The number of amides is 2. The summed E-state index contributed by atoms with van der Waals surface area (Å²) in [5.41, 5.74) is 0. The zero-order valence-electron chi connectivity index (χ0n) is 12.8. The van der Waals surface area contributed by atoms with E-state index in [1.165, 1.54) is 24.9 Å². The third-order valence-corrected chi connectivity index (χ3v) is 4.30. The molecule has 22 heavy (non-hydrogen) atoms. The molecule has 2 N–H and O–H groups in total. The van der Waals surface area contributed by atoms with Crippen molar-refractivity contribution in [3.8, 4) is 0 Å². The zero-order valence-corrected chi connectivity index (χ0v) is 13.6. The molecule has 0 spiro atoms. The lowest BCUT2D eigenvalue weighted by molar-refractivity contribution is -0.140. The molecule has 0 saturated carbocycles. The van der Waals surface area contributed by atoms with Crippen LogP contribution in [0.5, 0.6) is 0 Å². The summed E-state index contributed by atoms with van der Waals surface area (Å²) in [6.45, 7) is 4.39. The first kappa shape index (κ1) is 16.5. The number of piperidine rings is 1. The number of aromatic nitrogens is 2. The average molecular weight is 327 g/mol. The van der Waals surface area contributed by atoms with E-state index in [0.717, 1.165) is 24.6 Å². The van der Waals surface area contributed by atoms with Gasteiger partial charge in [0.25, 0.3) is 0 Å². The van der Waals surface area contributed by atoms with Crippen LogP contribution in [0, 0.1) is 5.92 Å². The van der Waals surface area contributed by atoms with Crippen molar-refractivity contribution in [1.82, 2.24) is 15.5 Å². The largest absolute Gasteiger partial charge is 0.469 e. The molecule has 1 fully saturated rings. The molecule has 0 radical (unpaired) electrons. The molecule has 1 aliphatic heterocycles. The molecule has 2 heterocycles. The van der Waals surface area contributed by atoms with Crippen molar-refractivity contribution in [1.29, 1.82) is 0 Å². The Kier molecular flexibility index (Phi) is 5.93. The molecule has 1 atom stereocenters. The standard InChI is InChI=1S/C13H21N5O3S/c1-9-4-3-7-18(8-9)13-17-16-12(22-13)15-11(20)14-6-5-10(19)21-2/h9H,3-8H2,1-2H3,(H2,14,15,16,20). The van der Waals surface area contributed by atoms with Gasteiger partial charge in [-0.05, 0) is 18.8 Å². The second kappa shape index (κ2) is 7.92. The molecular weight excluding hydrogens is 306 g/mol. The summed E-state index contributed by atoms with van der Waals surface area (Å²) in [7, 11) is 1.31. The predicted octanol–water partition coefficient (Wildman–Crippen LogP) is 1.46. The number of anilines is 2. The molecule has 1 saturated heterocycles. The monoisotopic (exact) mass is 327 g/mol. The minimum Gasteiger partial charge on any atom is -0.469 e. The first-order valence-corrected chi connectivity index (χ1v) is 8.10. The van der Waals surface area contributed by atoms with E-state index in [0.29, 0.717) is 11.0 Å². The van der Waals surface area contributed by atoms with Gasteiger partial charge in [-0.3, -0.25) is 10.1 Å². The third kappa shape index (κ3) is 4.83. The van der Waals surface area contributed by atoms with Crippen molar-refractivity contribution in [3.05, 3.63) is 0 Å². The summed E-state index contributed by atoms with van der Waals surface area (Å²) in [6.07, 6.45) is 2.53. The maximum absolute atomic E-state index is 11.7. The Bertz CT molecular complexity index is 522. The molecule has 0 bridgehead atoms. The number of methoxy groups -OCH3 is 1. The molecule has 1 aliphatic rings. The van der Waals surface area contributed by atoms with Gasteiger partial charge >= 0.3 is 12.0 Å². The second-order valence-corrected chi connectivity index (χ2v) is 6.25. The molecule has 1 unspecified atom stereocenters. The van der Waals surface area contributed by atoms with Gasteiger partial charge in [0, 0.05) is 19.6 Å². The molecule has 1 aromatic heterocycles. The molecule has 0 aliphatic carbocycles. The number of hydrogen-bond acceptors (Lipinski definition) is 7. The first-order chi connectivity index (χ1) is 10.6. The highest BCUT2D eigenvalue weighted by molar-refractivity contribution is 7.19. The molecule has 2 amide bonds. The van der Waals surface area contributed by atoms with E-state index in [1.54, 1.807) is 0 Å². The number of esters is 1. The predicted molar refractivity (Wildman–Crippen MR) is 84.2 cm³/mol. The fourth-order valence-corrected chi connectivity index (χ4v) is 3.05. The minimum absolute atomic E-state index is 0.136. The normalized spacial score (nSPS) is 17.9. The SMILES string of the molecule is COC(=O)CCNC(=O)Nc1nnc(N2CCCC(C)C2)s1. The Labute approximate surface area is 133 Å². The number of rotatable bonds is 5. The van der Waals surface area contributed by atoms with Crippen LogP contribution in [-0.4, -0.2) is 48.9 Å². The summed E-state index contributed by atoms with van der Waals surface area (Å²) >= 11 is 1.35. The van der Waals surface area contributed by atoms with E-state index < -0.39 is 6.03 Å². The van der Waals surface area contributed by atoms with Crippen LogP contribution in [-0.2, 0) is 9.53 Å². The number of carbonyl (C=O) groups is 2. The van der Waals surface area contributed by atoms with Crippen LogP contribution in [0.1, 0.15) is 26.2 Å². The van der Waals surface area contributed by atoms with Gasteiger partial charge in [-0.15, -0.1) is 10.2 Å². The van der Waals surface area contributed by atoms with Gasteiger partial charge in [0.15, 0.2) is 0 Å². The van der Waals surface area contributed by atoms with Crippen LogP contribution in [0.2, 0.25) is 0 Å². The number of nitrogens with one attached hydrogen (secondary N) is 2. The molecule has 8 nitrogen and oxygen atoms in total. The number of hydrogen-bond donors (Lipinski definition) is 2. The Morgan fingerprint density at radius 1 is 1.45 bits per heavy atom. The Balaban J connectivity index is 1.79. The average Bonchev–Trinajstić information content (AvgIpc) is 2.95. The topological polar surface area (TPSA) is 96.4 Å². The van der Waals surface area contributed by atoms with Gasteiger partial charge in [-0.25, -0.2) is 4.79 Å².